The molecule has 0 fully saturated rings. The highest BCUT2D eigenvalue weighted by Crippen LogP contribution is 2.49. The van der Waals surface area contributed by atoms with Crippen LogP contribution in [0.25, 0.3) is 0 Å². The Balaban J connectivity index is 2.21. The molecular formula is C18H22N2O3. The molecule has 0 aliphatic heterocycles. The van der Waals surface area contributed by atoms with E-state index in [1.807, 2.05) is 19.1 Å². The number of methoxy groups -OCH3 is 2. The monoisotopic (exact) mass is 314 g/mol. The van der Waals surface area contributed by atoms with Crippen LogP contribution in [0.4, 0.5) is 4.79 Å². The Morgan fingerprint density at radius 1 is 1.43 bits per heavy atom. The van der Waals surface area contributed by atoms with Gasteiger partial charge in [0.05, 0.1) is 25.5 Å². The van der Waals surface area contributed by atoms with E-state index >= 15 is 0 Å². The smallest absolute Gasteiger partial charge is 0.407 e. The van der Waals surface area contributed by atoms with Gasteiger partial charge in [0.25, 0.3) is 0 Å². The van der Waals surface area contributed by atoms with Gasteiger partial charge < -0.3 is 14.8 Å². The number of amides is 1. The quantitative estimate of drug-likeness (QED) is 0.852. The van der Waals surface area contributed by atoms with Gasteiger partial charge in [-0.05, 0) is 31.9 Å². The molecular weight excluding hydrogens is 292 g/mol. The molecule has 122 valence electrons. The van der Waals surface area contributed by atoms with Crippen molar-refractivity contribution in [3.63, 3.8) is 0 Å². The molecule has 0 radical (unpaired) electrons. The number of hydrogen-bond acceptors (Lipinski definition) is 4. The predicted octanol–water partition coefficient (Wildman–Crippen LogP) is 3.11. The fourth-order valence-electron chi connectivity index (χ4n) is 3.97. The fourth-order valence-corrected chi connectivity index (χ4v) is 3.97. The summed E-state index contributed by atoms with van der Waals surface area (Å²) in [6, 6.07) is 3.86. The minimum atomic E-state index is -0.585. The zero-order chi connectivity index (χ0) is 16.6. The number of pyridine rings is 1. The van der Waals surface area contributed by atoms with Crippen molar-refractivity contribution >= 4 is 6.09 Å². The lowest BCUT2D eigenvalue weighted by atomic mass is 9.63. The molecule has 0 aromatic carbocycles. The van der Waals surface area contributed by atoms with Crippen LogP contribution in [0, 0.1) is 5.92 Å². The van der Waals surface area contributed by atoms with Gasteiger partial charge in [0.15, 0.2) is 0 Å². The lowest BCUT2D eigenvalue weighted by molar-refractivity contribution is 0.155. The second-order valence-electron chi connectivity index (χ2n) is 6.11. The SMILES string of the molecule is C/C=C1\[C@H]2C=C(C)C[C@]1(NC(=O)OC)c1ccc(OC)nc1C2. The molecule has 0 unspecified atom stereocenters. The first-order chi connectivity index (χ1) is 11.0. The molecule has 1 aromatic rings. The van der Waals surface area contributed by atoms with Crippen LogP contribution in [0.15, 0.2) is 35.4 Å². The lowest BCUT2D eigenvalue weighted by Gasteiger charge is -2.47. The van der Waals surface area contributed by atoms with Gasteiger partial charge in [-0.15, -0.1) is 0 Å². The number of ether oxygens (including phenoxy) is 2. The molecule has 23 heavy (non-hydrogen) atoms. The second kappa shape index (κ2) is 5.72. The van der Waals surface area contributed by atoms with Crippen LogP contribution in [0.5, 0.6) is 5.88 Å². The van der Waals surface area contributed by atoms with E-state index in [1.54, 1.807) is 7.11 Å². The maximum atomic E-state index is 12.1. The van der Waals surface area contributed by atoms with Crippen molar-refractivity contribution in [3.05, 3.63) is 46.7 Å². The van der Waals surface area contributed by atoms with E-state index in [4.69, 9.17) is 9.47 Å². The van der Waals surface area contributed by atoms with Crippen molar-refractivity contribution in [3.8, 4) is 5.88 Å². The Morgan fingerprint density at radius 3 is 2.87 bits per heavy atom. The molecule has 2 aliphatic carbocycles. The van der Waals surface area contributed by atoms with Gasteiger partial charge in [0.1, 0.15) is 0 Å². The highest BCUT2D eigenvalue weighted by Gasteiger charge is 2.48. The van der Waals surface area contributed by atoms with Crippen LogP contribution < -0.4 is 10.1 Å². The molecule has 1 N–H and O–H groups in total. The summed E-state index contributed by atoms with van der Waals surface area (Å²) in [6.45, 7) is 4.13. The molecule has 0 saturated heterocycles. The maximum absolute atomic E-state index is 12.1. The number of rotatable bonds is 2. The van der Waals surface area contributed by atoms with Crippen LogP contribution in [-0.2, 0) is 16.7 Å². The van der Waals surface area contributed by atoms with Gasteiger partial charge in [-0.1, -0.05) is 17.7 Å². The zero-order valence-corrected chi connectivity index (χ0v) is 14.0. The number of alkyl carbamates (subject to hydrolysis) is 1. The summed E-state index contributed by atoms with van der Waals surface area (Å²) in [5.74, 6) is 0.831. The number of fused-ring (bicyclic) bond motifs is 4. The molecule has 0 spiro atoms. The first-order valence-electron chi connectivity index (χ1n) is 7.78. The molecule has 3 rings (SSSR count). The van der Waals surface area contributed by atoms with Gasteiger partial charge in [0.2, 0.25) is 5.88 Å². The van der Waals surface area contributed by atoms with Gasteiger partial charge in [-0.25, -0.2) is 9.78 Å². The Bertz CT molecular complexity index is 708. The first kappa shape index (κ1) is 15.6. The third-order valence-corrected chi connectivity index (χ3v) is 4.76. The van der Waals surface area contributed by atoms with Crippen molar-refractivity contribution in [1.29, 1.82) is 0 Å². The average Bonchev–Trinajstić information content (AvgIpc) is 2.53. The Kier molecular flexibility index (Phi) is 3.88. The number of allylic oxidation sites excluding steroid dienone is 2. The van der Waals surface area contributed by atoms with Crippen LogP contribution in [0.2, 0.25) is 0 Å². The minimum absolute atomic E-state index is 0.234. The summed E-state index contributed by atoms with van der Waals surface area (Å²) in [5, 5.41) is 3.09. The number of hydrogen-bond donors (Lipinski definition) is 1. The molecule has 5 heteroatoms. The van der Waals surface area contributed by atoms with Crippen molar-refractivity contribution in [2.75, 3.05) is 14.2 Å². The highest BCUT2D eigenvalue weighted by molar-refractivity contribution is 5.71. The molecule has 1 amide bonds. The van der Waals surface area contributed by atoms with E-state index in [1.165, 1.54) is 18.3 Å². The molecule has 2 atom stereocenters. The average molecular weight is 314 g/mol. The van der Waals surface area contributed by atoms with Crippen LogP contribution >= 0.6 is 0 Å². The lowest BCUT2D eigenvalue weighted by Crippen LogP contribution is -2.53. The molecule has 5 nitrogen and oxygen atoms in total. The van der Waals surface area contributed by atoms with Gasteiger partial charge in [-0.3, -0.25) is 0 Å². The normalized spacial score (nSPS) is 27.0. The van der Waals surface area contributed by atoms with E-state index in [-0.39, 0.29) is 5.92 Å². The fraction of sp³-hybridized carbons (Fsp3) is 0.444. The standard InChI is InChI=1S/C18H22N2O3/c1-5-13-12-8-11(2)10-18(13,20-17(21)23-4)14-6-7-16(22-3)19-15(14)9-12/h5-8,12H,9-10H2,1-4H3,(H,20,21)/b13-5+/t12-,18+/m0/s1. The molecule has 1 aromatic heterocycles. The number of aromatic nitrogens is 1. The largest absolute Gasteiger partial charge is 0.481 e. The number of nitrogens with zero attached hydrogens (tertiary/aromatic N) is 1. The molecule has 1 heterocycles. The zero-order valence-electron chi connectivity index (χ0n) is 14.0. The van der Waals surface area contributed by atoms with Gasteiger partial charge in [0, 0.05) is 24.0 Å². The van der Waals surface area contributed by atoms with Crippen LogP contribution in [0.1, 0.15) is 31.5 Å². The first-order valence-corrected chi connectivity index (χ1v) is 7.78. The van der Waals surface area contributed by atoms with Gasteiger partial charge >= 0.3 is 6.09 Å². The summed E-state index contributed by atoms with van der Waals surface area (Å²) in [6.07, 6.45) is 5.49. The summed E-state index contributed by atoms with van der Waals surface area (Å²) in [5.41, 5.74) is 3.88. The van der Waals surface area contributed by atoms with Crippen molar-refractivity contribution < 1.29 is 14.3 Å². The third kappa shape index (κ3) is 2.40. The van der Waals surface area contributed by atoms with Crippen molar-refractivity contribution in [2.45, 2.75) is 32.2 Å². The summed E-state index contributed by atoms with van der Waals surface area (Å²) >= 11 is 0. The Hall–Kier alpha value is -2.30. The summed E-state index contributed by atoms with van der Waals surface area (Å²) in [4.78, 5) is 16.7. The molecule has 2 bridgehead atoms. The molecule has 0 saturated carbocycles. The second-order valence-corrected chi connectivity index (χ2v) is 6.11. The van der Waals surface area contributed by atoms with E-state index in [2.05, 4.69) is 29.4 Å². The maximum Gasteiger partial charge on any atom is 0.407 e. The van der Waals surface area contributed by atoms with E-state index in [9.17, 15) is 4.79 Å². The van der Waals surface area contributed by atoms with E-state index < -0.39 is 11.6 Å². The summed E-state index contributed by atoms with van der Waals surface area (Å²) < 4.78 is 10.1. The third-order valence-electron chi connectivity index (χ3n) is 4.76. The van der Waals surface area contributed by atoms with Crippen LogP contribution in [-0.4, -0.2) is 25.3 Å². The predicted molar refractivity (Wildman–Crippen MR) is 87.3 cm³/mol. The van der Waals surface area contributed by atoms with Crippen LogP contribution in [0.3, 0.4) is 0 Å². The Morgan fingerprint density at radius 2 is 2.22 bits per heavy atom. The number of carbonyl (C=O) groups is 1. The number of carbonyl (C=O) groups excluding carboxylic acids is 1. The highest BCUT2D eigenvalue weighted by atomic mass is 16.5. The summed E-state index contributed by atoms with van der Waals surface area (Å²) in [7, 11) is 3.00. The molecule has 2 aliphatic rings. The topological polar surface area (TPSA) is 60.5 Å². The van der Waals surface area contributed by atoms with Crippen molar-refractivity contribution in [1.82, 2.24) is 10.3 Å². The van der Waals surface area contributed by atoms with E-state index in [0.717, 1.165) is 24.1 Å². The van der Waals surface area contributed by atoms with Gasteiger partial charge in [-0.2, -0.15) is 0 Å². The van der Waals surface area contributed by atoms with Crippen molar-refractivity contribution in [2.24, 2.45) is 5.92 Å². The Labute approximate surface area is 136 Å². The number of nitrogens with one attached hydrogen (secondary N) is 1. The van der Waals surface area contributed by atoms with E-state index in [0.29, 0.717) is 5.88 Å². The minimum Gasteiger partial charge on any atom is -0.481 e.